The van der Waals surface area contributed by atoms with E-state index in [1.165, 1.54) is 5.56 Å². The van der Waals surface area contributed by atoms with Gasteiger partial charge in [0.15, 0.2) is 0 Å². The molecular formula is C14H18N2O. The average molecular weight is 230 g/mol. The maximum Gasteiger partial charge on any atom is 0.121 e. The summed E-state index contributed by atoms with van der Waals surface area (Å²) in [4.78, 5) is 0. The summed E-state index contributed by atoms with van der Waals surface area (Å²) in [7, 11) is 0. The quantitative estimate of drug-likeness (QED) is 0.880. The second-order valence-electron chi connectivity index (χ2n) is 4.33. The molecule has 0 aliphatic rings. The van der Waals surface area contributed by atoms with Gasteiger partial charge in [0.25, 0.3) is 0 Å². The van der Waals surface area contributed by atoms with E-state index in [9.17, 15) is 5.11 Å². The van der Waals surface area contributed by atoms with E-state index in [1.807, 2.05) is 36.7 Å². The fraction of sp³-hybridized carbons (Fsp3) is 0.357. The van der Waals surface area contributed by atoms with Crippen molar-refractivity contribution in [2.24, 2.45) is 0 Å². The van der Waals surface area contributed by atoms with Crippen molar-refractivity contribution in [2.75, 3.05) is 0 Å². The SMILES string of the molecule is CCn1nccc1C(O)c1ccc(C)cc1C. The van der Waals surface area contributed by atoms with Gasteiger partial charge in [-0.05, 0) is 38.0 Å². The van der Waals surface area contributed by atoms with E-state index in [4.69, 9.17) is 0 Å². The zero-order chi connectivity index (χ0) is 12.4. The molecule has 0 aliphatic carbocycles. The third-order valence-electron chi connectivity index (χ3n) is 3.05. The number of hydrogen-bond acceptors (Lipinski definition) is 2. The molecule has 1 aromatic carbocycles. The Kier molecular flexibility index (Phi) is 3.29. The van der Waals surface area contributed by atoms with Gasteiger partial charge >= 0.3 is 0 Å². The Bertz CT molecular complexity index is 517. The van der Waals surface area contributed by atoms with Gasteiger partial charge in [-0.2, -0.15) is 5.10 Å². The van der Waals surface area contributed by atoms with Crippen LogP contribution >= 0.6 is 0 Å². The predicted octanol–water partition coefficient (Wildman–Crippen LogP) is 2.60. The molecule has 3 heteroatoms. The summed E-state index contributed by atoms with van der Waals surface area (Å²) in [5.41, 5.74) is 4.12. The first-order chi connectivity index (χ1) is 8.13. The number of nitrogens with zero attached hydrogens (tertiary/aromatic N) is 2. The van der Waals surface area contributed by atoms with Gasteiger partial charge in [0.2, 0.25) is 0 Å². The molecule has 0 saturated heterocycles. The van der Waals surface area contributed by atoms with E-state index in [0.717, 1.165) is 23.4 Å². The van der Waals surface area contributed by atoms with Crippen LogP contribution < -0.4 is 0 Å². The van der Waals surface area contributed by atoms with Crippen LogP contribution in [0.2, 0.25) is 0 Å². The number of rotatable bonds is 3. The Labute approximate surface area is 102 Å². The summed E-state index contributed by atoms with van der Waals surface area (Å²) in [6, 6.07) is 7.97. The molecule has 2 rings (SSSR count). The van der Waals surface area contributed by atoms with E-state index in [2.05, 4.69) is 18.1 Å². The average Bonchev–Trinajstić information content (AvgIpc) is 2.76. The van der Waals surface area contributed by atoms with Crippen molar-refractivity contribution < 1.29 is 5.11 Å². The van der Waals surface area contributed by atoms with Crippen LogP contribution in [0.5, 0.6) is 0 Å². The van der Waals surface area contributed by atoms with Gasteiger partial charge in [0, 0.05) is 12.7 Å². The second-order valence-corrected chi connectivity index (χ2v) is 4.33. The monoisotopic (exact) mass is 230 g/mol. The summed E-state index contributed by atoms with van der Waals surface area (Å²) in [6.07, 6.45) is 1.13. The summed E-state index contributed by atoms with van der Waals surface area (Å²) >= 11 is 0. The first-order valence-corrected chi connectivity index (χ1v) is 5.90. The predicted molar refractivity (Wildman–Crippen MR) is 67.9 cm³/mol. The molecule has 0 aliphatic heterocycles. The zero-order valence-electron chi connectivity index (χ0n) is 10.5. The highest BCUT2D eigenvalue weighted by Crippen LogP contribution is 2.25. The number of hydrogen-bond donors (Lipinski definition) is 1. The van der Waals surface area contributed by atoms with Crippen LogP contribution in [0.25, 0.3) is 0 Å². The van der Waals surface area contributed by atoms with Crippen LogP contribution in [0.15, 0.2) is 30.5 Å². The van der Waals surface area contributed by atoms with E-state index in [1.54, 1.807) is 6.20 Å². The van der Waals surface area contributed by atoms with Crippen LogP contribution in [0.4, 0.5) is 0 Å². The van der Waals surface area contributed by atoms with Crippen LogP contribution in [0, 0.1) is 13.8 Å². The Morgan fingerprint density at radius 2 is 2.06 bits per heavy atom. The highest BCUT2D eigenvalue weighted by Gasteiger charge is 2.16. The molecule has 1 N–H and O–H groups in total. The number of aromatic nitrogens is 2. The lowest BCUT2D eigenvalue weighted by Crippen LogP contribution is -2.10. The van der Waals surface area contributed by atoms with Crippen molar-refractivity contribution in [3.05, 3.63) is 52.8 Å². The number of aliphatic hydroxyl groups excluding tert-OH is 1. The van der Waals surface area contributed by atoms with Crippen molar-refractivity contribution in [3.8, 4) is 0 Å². The summed E-state index contributed by atoms with van der Waals surface area (Å²) in [5.74, 6) is 0. The minimum absolute atomic E-state index is 0.599. The minimum atomic E-state index is -0.599. The molecule has 0 fully saturated rings. The highest BCUT2D eigenvalue weighted by atomic mass is 16.3. The molecule has 90 valence electrons. The Morgan fingerprint density at radius 1 is 1.29 bits per heavy atom. The maximum absolute atomic E-state index is 10.4. The highest BCUT2D eigenvalue weighted by molar-refractivity contribution is 5.35. The summed E-state index contributed by atoms with van der Waals surface area (Å²) in [5, 5.41) is 14.6. The van der Waals surface area contributed by atoms with E-state index >= 15 is 0 Å². The number of benzene rings is 1. The smallest absolute Gasteiger partial charge is 0.121 e. The van der Waals surface area contributed by atoms with Gasteiger partial charge in [-0.3, -0.25) is 4.68 Å². The lowest BCUT2D eigenvalue weighted by Gasteiger charge is -2.15. The first kappa shape index (κ1) is 11.9. The lowest BCUT2D eigenvalue weighted by atomic mass is 9.99. The normalized spacial score (nSPS) is 12.7. The van der Waals surface area contributed by atoms with Crippen molar-refractivity contribution >= 4 is 0 Å². The fourth-order valence-corrected chi connectivity index (χ4v) is 2.13. The third kappa shape index (κ3) is 2.24. The van der Waals surface area contributed by atoms with Crippen molar-refractivity contribution in [2.45, 2.75) is 33.4 Å². The van der Waals surface area contributed by atoms with Gasteiger partial charge in [0.05, 0.1) is 5.69 Å². The molecule has 1 aromatic heterocycles. The van der Waals surface area contributed by atoms with Crippen molar-refractivity contribution in [1.82, 2.24) is 9.78 Å². The molecular weight excluding hydrogens is 212 g/mol. The van der Waals surface area contributed by atoms with E-state index < -0.39 is 6.10 Å². The Balaban J connectivity index is 2.40. The Morgan fingerprint density at radius 3 is 2.71 bits per heavy atom. The molecule has 0 saturated carbocycles. The van der Waals surface area contributed by atoms with Gasteiger partial charge in [-0.1, -0.05) is 23.8 Å². The number of aliphatic hydroxyl groups is 1. The zero-order valence-corrected chi connectivity index (χ0v) is 10.5. The molecule has 1 unspecified atom stereocenters. The first-order valence-electron chi connectivity index (χ1n) is 5.90. The third-order valence-corrected chi connectivity index (χ3v) is 3.05. The standard InChI is InChI=1S/C14H18N2O/c1-4-16-13(7-8-15-16)14(17)12-6-5-10(2)9-11(12)3/h5-9,14,17H,4H2,1-3H3. The van der Waals surface area contributed by atoms with Gasteiger partial charge < -0.3 is 5.11 Å². The van der Waals surface area contributed by atoms with Crippen molar-refractivity contribution in [1.29, 1.82) is 0 Å². The molecule has 1 heterocycles. The fourth-order valence-electron chi connectivity index (χ4n) is 2.13. The van der Waals surface area contributed by atoms with Gasteiger partial charge in [0.1, 0.15) is 6.10 Å². The van der Waals surface area contributed by atoms with Crippen LogP contribution in [-0.2, 0) is 6.54 Å². The summed E-state index contributed by atoms with van der Waals surface area (Å²) in [6.45, 7) is 6.87. The van der Waals surface area contributed by atoms with Gasteiger partial charge in [-0.25, -0.2) is 0 Å². The topological polar surface area (TPSA) is 38.0 Å². The largest absolute Gasteiger partial charge is 0.382 e. The van der Waals surface area contributed by atoms with E-state index in [-0.39, 0.29) is 0 Å². The van der Waals surface area contributed by atoms with Crippen LogP contribution in [0.1, 0.15) is 35.4 Å². The molecule has 2 aromatic rings. The minimum Gasteiger partial charge on any atom is -0.382 e. The maximum atomic E-state index is 10.4. The summed E-state index contributed by atoms with van der Waals surface area (Å²) < 4.78 is 1.82. The van der Waals surface area contributed by atoms with Gasteiger partial charge in [-0.15, -0.1) is 0 Å². The Hall–Kier alpha value is -1.61. The molecule has 1 atom stereocenters. The molecule has 17 heavy (non-hydrogen) atoms. The van der Waals surface area contributed by atoms with Crippen LogP contribution in [0.3, 0.4) is 0 Å². The molecule has 0 radical (unpaired) electrons. The lowest BCUT2D eigenvalue weighted by molar-refractivity contribution is 0.207. The molecule has 3 nitrogen and oxygen atoms in total. The van der Waals surface area contributed by atoms with Crippen LogP contribution in [-0.4, -0.2) is 14.9 Å². The molecule has 0 amide bonds. The number of aryl methyl sites for hydroxylation is 3. The molecule has 0 bridgehead atoms. The molecule has 0 spiro atoms. The second kappa shape index (κ2) is 4.72. The van der Waals surface area contributed by atoms with Crippen molar-refractivity contribution in [3.63, 3.8) is 0 Å². The van der Waals surface area contributed by atoms with E-state index in [0.29, 0.717) is 0 Å².